The fourth-order valence-electron chi connectivity index (χ4n) is 1.66. The van der Waals surface area contributed by atoms with E-state index in [1.807, 2.05) is 30.3 Å². The minimum absolute atomic E-state index is 0.990. The number of rotatable bonds is 2. The number of aromatic nitrogens is 2. The van der Waals surface area contributed by atoms with Crippen molar-refractivity contribution in [2.45, 2.75) is 0 Å². The van der Waals surface area contributed by atoms with Gasteiger partial charge in [0, 0.05) is 10.3 Å². The van der Waals surface area contributed by atoms with Crippen LogP contribution in [0.4, 0.5) is 0 Å². The maximum atomic E-state index is 4.29. The van der Waals surface area contributed by atoms with Crippen molar-refractivity contribution in [2.24, 2.45) is 0 Å². The van der Waals surface area contributed by atoms with Gasteiger partial charge in [-0.1, -0.05) is 24.3 Å². The van der Waals surface area contributed by atoms with Gasteiger partial charge >= 0.3 is 0 Å². The van der Waals surface area contributed by atoms with Gasteiger partial charge in [0.15, 0.2) is 0 Å². The van der Waals surface area contributed by atoms with Crippen molar-refractivity contribution in [3.8, 4) is 0 Å². The lowest BCUT2D eigenvalue weighted by molar-refractivity contribution is 1.11. The first-order valence-corrected chi connectivity index (χ1v) is 5.96. The first kappa shape index (κ1) is 9.36. The number of thiophene rings is 1. The first-order valence-electron chi connectivity index (χ1n) is 5.08. The quantitative estimate of drug-likeness (QED) is 0.707. The summed E-state index contributed by atoms with van der Waals surface area (Å²) in [6.45, 7) is 0. The summed E-state index contributed by atoms with van der Waals surface area (Å²) >= 11 is 1.73. The molecule has 1 N–H and O–H groups in total. The number of fused-ring (bicyclic) bond motifs is 1. The Morgan fingerprint density at radius 3 is 2.88 bits per heavy atom. The second-order valence-electron chi connectivity index (χ2n) is 3.50. The molecule has 0 saturated heterocycles. The van der Waals surface area contributed by atoms with Crippen molar-refractivity contribution in [3.63, 3.8) is 0 Å². The summed E-state index contributed by atoms with van der Waals surface area (Å²) in [7, 11) is 0. The number of para-hydroxylation sites is 1. The smallest absolute Gasteiger partial charge is 0.0927 e. The third-order valence-corrected chi connectivity index (χ3v) is 3.29. The van der Waals surface area contributed by atoms with Gasteiger partial charge in [0.05, 0.1) is 11.2 Å². The van der Waals surface area contributed by atoms with Crippen molar-refractivity contribution >= 4 is 34.4 Å². The van der Waals surface area contributed by atoms with Gasteiger partial charge < -0.3 is 0 Å². The number of H-pyrrole nitrogens is 1. The molecule has 0 unspecified atom stereocenters. The molecule has 3 rings (SSSR count). The Balaban J connectivity index is 2.01. The minimum Gasteiger partial charge on any atom is -0.277 e. The molecule has 0 aliphatic carbocycles. The van der Waals surface area contributed by atoms with Gasteiger partial charge in [-0.15, -0.1) is 11.3 Å². The number of nitrogens with one attached hydrogen (secondary N) is 1. The Labute approximate surface area is 97.2 Å². The maximum Gasteiger partial charge on any atom is 0.0927 e. The normalized spacial score (nSPS) is 11.5. The van der Waals surface area contributed by atoms with Gasteiger partial charge in [-0.2, -0.15) is 5.10 Å². The molecule has 0 bridgehead atoms. The van der Waals surface area contributed by atoms with E-state index in [0.29, 0.717) is 0 Å². The van der Waals surface area contributed by atoms with Crippen LogP contribution in [0.15, 0.2) is 41.8 Å². The van der Waals surface area contributed by atoms with Crippen molar-refractivity contribution < 1.29 is 0 Å². The van der Waals surface area contributed by atoms with Crippen LogP contribution in [-0.4, -0.2) is 10.2 Å². The number of hydrogen-bond acceptors (Lipinski definition) is 2. The van der Waals surface area contributed by atoms with Gasteiger partial charge in [0.25, 0.3) is 0 Å². The summed E-state index contributed by atoms with van der Waals surface area (Å²) in [6.07, 6.45) is 4.14. The van der Waals surface area contributed by atoms with Crippen molar-refractivity contribution in [2.75, 3.05) is 0 Å². The molecule has 0 fully saturated rings. The van der Waals surface area contributed by atoms with Gasteiger partial charge in [0.1, 0.15) is 0 Å². The molecule has 2 nitrogen and oxygen atoms in total. The molecule has 0 amide bonds. The highest BCUT2D eigenvalue weighted by atomic mass is 32.1. The summed E-state index contributed by atoms with van der Waals surface area (Å²) in [4.78, 5) is 1.24. The molecule has 1 aromatic carbocycles. The van der Waals surface area contributed by atoms with Crippen LogP contribution in [0.25, 0.3) is 23.1 Å². The van der Waals surface area contributed by atoms with Gasteiger partial charge in [0.2, 0.25) is 0 Å². The Hall–Kier alpha value is -1.87. The second kappa shape index (κ2) is 3.94. The number of aromatic amines is 1. The van der Waals surface area contributed by atoms with Crippen LogP contribution >= 0.6 is 11.3 Å². The zero-order valence-corrected chi connectivity index (χ0v) is 9.37. The van der Waals surface area contributed by atoms with E-state index in [4.69, 9.17) is 0 Å². The monoisotopic (exact) mass is 226 g/mol. The topological polar surface area (TPSA) is 28.7 Å². The molecule has 0 saturated carbocycles. The number of benzene rings is 1. The molecule has 78 valence electrons. The molecule has 16 heavy (non-hydrogen) atoms. The number of hydrogen-bond donors (Lipinski definition) is 1. The largest absolute Gasteiger partial charge is 0.277 e. The Kier molecular flexibility index (Phi) is 2.31. The molecule has 0 spiro atoms. The van der Waals surface area contributed by atoms with E-state index in [9.17, 15) is 0 Å². The van der Waals surface area contributed by atoms with E-state index in [2.05, 4.69) is 33.8 Å². The zero-order valence-electron chi connectivity index (χ0n) is 8.55. The van der Waals surface area contributed by atoms with E-state index in [-0.39, 0.29) is 0 Å². The summed E-state index contributed by atoms with van der Waals surface area (Å²) in [5, 5.41) is 10.5. The third-order valence-electron chi connectivity index (χ3n) is 2.45. The number of nitrogens with zero attached hydrogens (tertiary/aromatic N) is 1. The van der Waals surface area contributed by atoms with Crippen LogP contribution in [0.5, 0.6) is 0 Å². The van der Waals surface area contributed by atoms with E-state index in [0.717, 1.165) is 16.6 Å². The standard InChI is InChI=1S/C13H10N2S/c1-2-6-12-11(5-1)13(15-14-12)8-7-10-4-3-9-16-10/h1-9H,(H,14,15)/b8-7+. The average molecular weight is 226 g/mol. The minimum atomic E-state index is 0.990. The van der Waals surface area contributed by atoms with Crippen molar-refractivity contribution in [3.05, 3.63) is 52.3 Å². The molecule has 3 aromatic rings. The molecule has 0 aliphatic heterocycles. The highest BCUT2D eigenvalue weighted by Gasteiger charge is 2.00. The highest BCUT2D eigenvalue weighted by Crippen LogP contribution is 2.18. The lowest BCUT2D eigenvalue weighted by atomic mass is 10.2. The fraction of sp³-hybridized carbons (Fsp3) is 0. The summed E-state index contributed by atoms with van der Waals surface area (Å²) in [5.41, 5.74) is 2.07. The molecule has 0 aliphatic rings. The lowest BCUT2D eigenvalue weighted by Gasteiger charge is -1.88. The van der Waals surface area contributed by atoms with Crippen LogP contribution in [-0.2, 0) is 0 Å². The molecule has 3 heteroatoms. The lowest BCUT2D eigenvalue weighted by Crippen LogP contribution is -1.71. The Bertz CT molecular complexity index is 620. The van der Waals surface area contributed by atoms with Crippen LogP contribution < -0.4 is 0 Å². The van der Waals surface area contributed by atoms with Crippen LogP contribution in [0, 0.1) is 0 Å². The Morgan fingerprint density at radius 1 is 1.06 bits per heavy atom. The SMILES string of the molecule is C(=C\c1n[nH]c2ccccc12)/c1cccs1. The molecule has 0 atom stereocenters. The van der Waals surface area contributed by atoms with Gasteiger partial charge in [-0.25, -0.2) is 0 Å². The van der Waals surface area contributed by atoms with Gasteiger partial charge in [-0.3, -0.25) is 5.10 Å². The summed E-state index contributed by atoms with van der Waals surface area (Å²) < 4.78 is 0. The molecular weight excluding hydrogens is 216 g/mol. The summed E-state index contributed by atoms with van der Waals surface area (Å²) in [6, 6.07) is 12.3. The molecular formula is C13H10N2S. The predicted octanol–water partition coefficient (Wildman–Crippen LogP) is 3.79. The second-order valence-corrected chi connectivity index (χ2v) is 4.48. The molecule has 0 radical (unpaired) electrons. The average Bonchev–Trinajstić information content (AvgIpc) is 2.96. The first-order chi connectivity index (χ1) is 7.93. The van der Waals surface area contributed by atoms with E-state index < -0.39 is 0 Å². The Morgan fingerprint density at radius 2 is 2.00 bits per heavy atom. The highest BCUT2D eigenvalue weighted by molar-refractivity contribution is 7.10. The van der Waals surface area contributed by atoms with E-state index >= 15 is 0 Å². The molecule has 2 heterocycles. The van der Waals surface area contributed by atoms with E-state index in [1.165, 1.54) is 4.88 Å². The fourth-order valence-corrected chi connectivity index (χ4v) is 2.28. The zero-order chi connectivity index (χ0) is 10.8. The van der Waals surface area contributed by atoms with Crippen LogP contribution in [0.1, 0.15) is 10.6 Å². The molecule has 2 aromatic heterocycles. The van der Waals surface area contributed by atoms with Gasteiger partial charge in [-0.05, 0) is 29.7 Å². The third kappa shape index (κ3) is 1.66. The van der Waals surface area contributed by atoms with E-state index in [1.54, 1.807) is 11.3 Å². The maximum absolute atomic E-state index is 4.29. The summed E-state index contributed by atoms with van der Waals surface area (Å²) in [5.74, 6) is 0. The van der Waals surface area contributed by atoms with Crippen molar-refractivity contribution in [1.29, 1.82) is 0 Å². The predicted molar refractivity (Wildman–Crippen MR) is 69.3 cm³/mol. The van der Waals surface area contributed by atoms with Crippen LogP contribution in [0.2, 0.25) is 0 Å². The van der Waals surface area contributed by atoms with Crippen LogP contribution in [0.3, 0.4) is 0 Å². The van der Waals surface area contributed by atoms with Crippen molar-refractivity contribution in [1.82, 2.24) is 10.2 Å².